The maximum atomic E-state index is 5.50. The lowest BCUT2D eigenvalue weighted by Crippen LogP contribution is -1.97. The van der Waals surface area contributed by atoms with Crippen molar-refractivity contribution in [2.75, 3.05) is 6.79 Å². The van der Waals surface area contributed by atoms with Crippen molar-refractivity contribution in [2.45, 2.75) is 19.3 Å². The first kappa shape index (κ1) is 11.6. The Bertz CT molecular complexity index is 700. The van der Waals surface area contributed by atoms with Crippen LogP contribution in [0.1, 0.15) is 36.0 Å². The quantitative estimate of drug-likeness (QED) is 0.797. The molecule has 2 heteroatoms. The highest BCUT2D eigenvalue weighted by atomic mass is 16.7. The molecule has 1 atom stereocenters. The normalized spacial score (nSPS) is 18.9. The van der Waals surface area contributed by atoms with Gasteiger partial charge in [0, 0.05) is 5.92 Å². The summed E-state index contributed by atoms with van der Waals surface area (Å²) >= 11 is 0. The molecule has 0 fully saturated rings. The zero-order valence-electron chi connectivity index (χ0n) is 11.4. The molecule has 100 valence electrons. The van der Waals surface area contributed by atoms with Crippen molar-refractivity contribution in [1.82, 2.24) is 0 Å². The Morgan fingerprint density at radius 2 is 1.90 bits per heavy atom. The van der Waals surface area contributed by atoms with Crippen LogP contribution in [0.15, 0.2) is 42.5 Å². The average Bonchev–Trinajstić information content (AvgIpc) is 3.10. The third kappa shape index (κ3) is 1.64. The lowest BCUT2D eigenvalue weighted by Gasteiger charge is -2.15. The van der Waals surface area contributed by atoms with Crippen molar-refractivity contribution in [3.05, 3.63) is 59.2 Å². The van der Waals surface area contributed by atoms with E-state index in [2.05, 4.69) is 49.4 Å². The molecule has 0 radical (unpaired) electrons. The lowest BCUT2D eigenvalue weighted by atomic mass is 9.89. The summed E-state index contributed by atoms with van der Waals surface area (Å²) in [5.41, 5.74) is 5.39. The molecule has 0 spiro atoms. The highest BCUT2D eigenvalue weighted by Gasteiger charge is 2.25. The van der Waals surface area contributed by atoms with Crippen molar-refractivity contribution >= 4 is 11.6 Å². The topological polar surface area (TPSA) is 18.5 Å². The molecule has 20 heavy (non-hydrogen) atoms. The SMILES string of the molecule is CCC1C(c2ccc3c(c2)OCO3)=Cc2ccccc21. The van der Waals surface area contributed by atoms with E-state index < -0.39 is 0 Å². The first-order valence-corrected chi connectivity index (χ1v) is 7.07. The van der Waals surface area contributed by atoms with Crippen molar-refractivity contribution in [1.29, 1.82) is 0 Å². The minimum atomic E-state index is 0.329. The molecular formula is C18H16O2. The average molecular weight is 264 g/mol. The molecule has 0 amide bonds. The molecule has 4 rings (SSSR count). The van der Waals surface area contributed by atoms with E-state index in [1.54, 1.807) is 0 Å². The second kappa shape index (κ2) is 4.41. The Kier molecular flexibility index (Phi) is 2.56. The van der Waals surface area contributed by atoms with Gasteiger partial charge in [-0.25, -0.2) is 0 Å². The van der Waals surface area contributed by atoms with Gasteiger partial charge in [-0.1, -0.05) is 43.3 Å². The van der Waals surface area contributed by atoms with E-state index >= 15 is 0 Å². The van der Waals surface area contributed by atoms with E-state index in [0.717, 1.165) is 17.9 Å². The Hall–Kier alpha value is -2.22. The van der Waals surface area contributed by atoms with Crippen LogP contribution in [0.5, 0.6) is 11.5 Å². The molecule has 1 heterocycles. The van der Waals surface area contributed by atoms with Gasteiger partial charge in [-0.3, -0.25) is 0 Å². The summed E-state index contributed by atoms with van der Waals surface area (Å²) in [4.78, 5) is 0. The Morgan fingerprint density at radius 3 is 2.80 bits per heavy atom. The summed E-state index contributed by atoms with van der Waals surface area (Å²) in [7, 11) is 0. The van der Waals surface area contributed by atoms with Gasteiger partial charge in [0.15, 0.2) is 11.5 Å². The number of benzene rings is 2. The van der Waals surface area contributed by atoms with Crippen LogP contribution in [0.3, 0.4) is 0 Å². The monoisotopic (exact) mass is 264 g/mol. The van der Waals surface area contributed by atoms with Crippen LogP contribution in [-0.4, -0.2) is 6.79 Å². The molecule has 2 aliphatic rings. The predicted octanol–water partition coefficient (Wildman–Crippen LogP) is 4.46. The minimum Gasteiger partial charge on any atom is -0.454 e. The van der Waals surface area contributed by atoms with E-state index in [-0.39, 0.29) is 0 Å². The number of hydrogen-bond acceptors (Lipinski definition) is 2. The summed E-state index contributed by atoms with van der Waals surface area (Å²) in [5.74, 6) is 2.18. The van der Waals surface area contributed by atoms with Crippen molar-refractivity contribution < 1.29 is 9.47 Å². The van der Waals surface area contributed by atoms with Crippen molar-refractivity contribution in [3.63, 3.8) is 0 Å². The highest BCUT2D eigenvalue weighted by Crippen LogP contribution is 2.45. The smallest absolute Gasteiger partial charge is 0.231 e. The molecule has 0 bridgehead atoms. The molecule has 0 saturated heterocycles. The van der Waals surface area contributed by atoms with Crippen LogP contribution in [0, 0.1) is 0 Å². The standard InChI is InChI=1S/C18H16O2/c1-2-14-15-6-4-3-5-12(15)9-16(14)13-7-8-17-18(10-13)20-11-19-17/h3-10,14H,2,11H2,1H3. The van der Waals surface area contributed by atoms with E-state index in [9.17, 15) is 0 Å². The zero-order chi connectivity index (χ0) is 13.5. The summed E-state index contributed by atoms with van der Waals surface area (Å²) < 4.78 is 10.9. The third-order valence-electron chi connectivity index (χ3n) is 4.17. The Morgan fingerprint density at radius 1 is 1.05 bits per heavy atom. The maximum absolute atomic E-state index is 5.50. The molecule has 0 aromatic heterocycles. The Balaban J connectivity index is 1.79. The second-order valence-corrected chi connectivity index (χ2v) is 5.26. The first-order valence-electron chi connectivity index (χ1n) is 7.07. The minimum absolute atomic E-state index is 0.329. The zero-order valence-corrected chi connectivity index (χ0v) is 11.4. The Labute approximate surface area is 118 Å². The van der Waals surface area contributed by atoms with Crippen LogP contribution in [0.25, 0.3) is 11.6 Å². The first-order chi connectivity index (χ1) is 9.86. The highest BCUT2D eigenvalue weighted by molar-refractivity contribution is 5.91. The molecule has 2 aromatic rings. The third-order valence-corrected chi connectivity index (χ3v) is 4.17. The van der Waals surface area contributed by atoms with E-state index in [1.807, 2.05) is 6.07 Å². The van der Waals surface area contributed by atoms with Gasteiger partial charge in [0.2, 0.25) is 6.79 Å². The number of allylic oxidation sites excluding steroid dienone is 1. The van der Waals surface area contributed by atoms with Gasteiger partial charge in [0.1, 0.15) is 0 Å². The fourth-order valence-corrected chi connectivity index (χ4v) is 3.20. The van der Waals surface area contributed by atoms with Crippen LogP contribution in [-0.2, 0) is 0 Å². The second-order valence-electron chi connectivity index (χ2n) is 5.26. The van der Waals surface area contributed by atoms with Crippen LogP contribution < -0.4 is 9.47 Å². The fourth-order valence-electron chi connectivity index (χ4n) is 3.20. The summed E-state index contributed by atoms with van der Waals surface area (Å²) in [6.45, 7) is 2.57. The van der Waals surface area contributed by atoms with E-state index in [0.29, 0.717) is 12.7 Å². The van der Waals surface area contributed by atoms with Crippen LogP contribution in [0.4, 0.5) is 0 Å². The maximum Gasteiger partial charge on any atom is 0.231 e. The molecule has 2 aromatic carbocycles. The van der Waals surface area contributed by atoms with Crippen molar-refractivity contribution in [3.8, 4) is 11.5 Å². The summed E-state index contributed by atoms with van der Waals surface area (Å²) in [6, 6.07) is 14.9. The van der Waals surface area contributed by atoms with Gasteiger partial charge in [-0.05, 0) is 40.8 Å². The lowest BCUT2D eigenvalue weighted by molar-refractivity contribution is 0.174. The number of hydrogen-bond donors (Lipinski definition) is 0. The molecule has 1 aliphatic carbocycles. The van der Waals surface area contributed by atoms with Gasteiger partial charge in [-0.2, -0.15) is 0 Å². The summed E-state index contributed by atoms with van der Waals surface area (Å²) in [5, 5.41) is 0. The van der Waals surface area contributed by atoms with Crippen molar-refractivity contribution in [2.24, 2.45) is 0 Å². The molecule has 1 unspecified atom stereocenters. The van der Waals surface area contributed by atoms with E-state index in [1.165, 1.54) is 22.3 Å². The van der Waals surface area contributed by atoms with Gasteiger partial charge in [-0.15, -0.1) is 0 Å². The molecule has 1 aliphatic heterocycles. The van der Waals surface area contributed by atoms with Crippen LogP contribution in [0.2, 0.25) is 0 Å². The molecular weight excluding hydrogens is 248 g/mol. The van der Waals surface area contributed by atoms with Gasteiger partial charge < -0.3 is 9.47 Å². The van der Waals surface area contributed by atoms with Gasteiger partial charge >= 0.3 is 0 Å². The van der Waals surface area contributed by atoms with E-state index in [4.69, 9.17) is 9.47 Å². The molecule has 0 N–H and O–H groups in total. The van der Waals surface area contributed by atoms with Gasteiger partial charge in [0.05, 0.1) is 0 Å². The number of ether oxygens (including phenoxy) is 2. The number of rotatable bonds is 2. The van der Waals surface area contributed by atoms with Crippen LogP contribution >= 0.6 is 0 Å². The summed E-state index contributed by atoms with van der Waals surface area (Å²) in [6.07, 6.45) is 3.42. The largest absolute Gasteiger partial charge is 0.454 e. The molecule has 0 saturated carbocycles. The molecule has 2 nitrogen and oxygen atoms in total. The number of fused-ring (bicyclic) bond motifs is 2. The predicted molar refractivity (Wildman–Crippen MR) is 79.9 cm³/mol. The fraction of sp³-hybridized carbons (Fsp3) is 0.222. The van der Waals surface area contributed by atoms with Gasteiger partial charge in [0.25, 0.3) is 0 Å².